The van der Waals surface area contributed by atoms with Gasteiger partial charge in [-0.05, 0) is 32.9 Å². The van der Waals surface area contributed by atoms with Gasteiger partial charge >= 0.3 is 0 Å². The predicted octanol–water partition coefficient (Wildman–Crippen LogP) is 3.39. The highest BCUT2D eigenvalue weighted by Crippen LogP contribution is 2.26. The SMILES string of the molecule is CC(C)(C)N(O)c1ccccc1C(=O)Nc1nccs1. The number of hydrogen-bond acceptors (Lipinski definition) is 5. The Kier molecular flexibility index (Phi) is 4.06. The number of para-hydroxylation sites is 1. The summed E-state index contributed by atoms with van der Waals surface area (Å²) < 4.78 is 0. The van der Waals surface area contributed by atoms with E-state index in [1.54, 1.807) is 35.8 Å². The van der Waals surface area contributed by atoms with Gasteiger partial charge in [0, 0.05) is 11.6 Å². The van der Waals surface area contributed by atoms with Crippen LogP contribution in [0, 0.1) is 0 Å². The lowest BCUT2D eigenvalue weighted by atomic mass is 10.1. The summed E-state index contributed by atoms with van der Waals surface area (Å²) in [6, 6.07) is 6.93. The summed E-state index contributed by atoms with van der Waals surface area (Å²) in [5, 5.41) is 16.4. The Morgan fingerprint density at radius 3 is 2.65 bits per heavy atom. The highest BCUT2D eigenvalue weighted by molar-refractivity contribution is 7.13. The zero-order chi connectivity index (χ0) is 14.8. The Hall–Kier alpha value is -1.92. The predicted molar refractivity (Wildman–Crippen MR) is 80.5 cm³/mol. The van der Waals surface area contributed by atoms with Crippen molar-refractivity contribution in [1.82, 2.24) is 4.98 Å². The van der Waals surface area contributed by atoms with Gasteiger partial charge in [-0.1, -0.05) is 12.1 Å². The molecule has 1 aromatic carbocycles. The molecule has 1 aromatic heterocycles. The number of carbonyl (C=O) groups is 1. The van der Waals surface area contributed by atoms with Crippen molar-refractivity contribution in [3.05, 3.63) is 41.4 Å². The van der Waals surface area contributed by atoms with Crippen LogP contribution in [0.3, 0.4) is 0 Å². The van der Waals surface area contributed by atoms with E-state index in [-0.39, 0.29) is 5.91 Å². The number of carbonyl (C=O) groups excluding carboxylic acids is 1. The molecule has 2 aromatic rings. The maximum absolute atomic E-state index is 12.3. The molecule has 2 N–H and O–H groups in total. The maximum Gasteiger partial charge on any atom is 0.259 e. The van der Waals surface area contributed by atoms with Gasteiger partial charge in [-0.25, -0.2) is 4.98 Å². The Morgan fingerprint density at radius 2 is 2.05 bits per heavy atom. The van der Waals surface area contributed by atoms with E-state index in [0.717, 1.165) is 5.06 Å². The van der Waals surface area contributed by atoms with Gasteiger partial charge in [0.1, 0.15) is 0 Å². The smallest absolute Gasteiger partial charge is 0.259 e. The molecule has 0 unspecified atom stereocenters. The quantitative estimate of drug-likeness (QED) is 0.851. The van der Waals surface area contributed by atoms with Crippen molar-refractivity contribution in [3.63, 3.8) is 0 Å². The first-order valence-electron chi connectivity index (χ1n) is 6.18. The minimum absolute atomic E-state index is 0.293. The van der Waals surface area contributed by atoms with Crippen LogP contribution >= 0.6 is 11.3 Å². The summed E-state index contributed by atoms with van der Waals surface area (Å²) in [6.07, 6.45) is 1.62. The van der Waals surface area contributed by atoms with Crippen LogP contribution in [0.4, 0.5) is 10.8 Å². The van der Waals surface area contributed by atoms with Crippen LogP contribution in [0.1, 0.15) is 31.1 Å². The number of thiazole rings is 1. The van der Waals surface area contributed by atoms with Crippen LogP contribution < -0.4 is 10.4 Å². The first-order valence-corrected chi connectivity index (χ1v) is 7.06. The van der Waals surface area contributed by atoms with Crippen LogP contribution in [0.2, 0.25) is 0 Å². The van der Waals surface area contributed by atoms with Gasteiger partial charge in [-0.2, -0.15) is 0 Å². The number of nitrogens with one attached hydrogen (secondary N) is 1. The van der Waals surface area contributed by atoms with E-state index >= 15 is 0 Å². The van der Waals surface area contributed by atoms with Crippen LogP contribution in [-0.4, -0.2) is 21.6 Å². The fraction of sp³-hybridized carbons (Fsp3) is 0.286. The van der Waals surface area contributed by atoms with Crippen molar-refractivity contribution in [3.8, 4) is 0 Å². The van der Waals surface area contributed by atoms with Crippen LogP contribution in [-0.2, 0) is 0 Å². The van der Waals surface area contributed by atoms with Crippen molar-refractivity contribution in [2.45, 2.75) is 26.3 Å². The van der Waals surface area contributed by atoms with E-state index in [1.807, 2.05) is 20.8 Å². The molecule has 20 heavy (non-hydrogen) atoms. The highest BCUT2D eigenvalue weighted by atomic mass is 32.1. The number of rotatable bonds is 3. The Balaban J connectivity index is 2.30. The van der Waals surface area contributed by atoms with Gasteiger partial charge in [0.25, 0.3) is 5.91 Å². The van der Waals surface area contributed by atoms with Crippen molar-refractivity contribution >= 4 is 28.1 Å². The maximum atomic E-state index is 12.3. The molecule has 1 heterocycles. The topological polar surface area (TPSA) is 65.5 Å². The molecule has 0 saturated carbocycles. The van der Waals surface area contributed by atoms with Gasteiger partial charge in [-0.3, -0.25) is 20.4 Å². The van der Waals surface area contributed by atoms with Crippen LogP contribution in [0.15, 0.2) is 35.8 Å². The molecule has 0 bridgehead atoms. The molecule has 0 radical (unpaired) electrons. The monoisotopic (exact) mass is 291 g/mol. The van der Waals surface area contributed by atoms with Crippen LogP contribution in [0.25, 0.3) is 0 Å². The molecule has 106 valence electrons. The molecular formula is C14H17N3O2S. The van der Waals surface area contributed by atoms with Gasteiger partial charge in [0.05, 0.1) is 16.8 Å². The van der Waals surface area contributed by atoms with Crippen molar-refractivity contribution in [2.24, 2.45) is 0 Å². The summed E-state index contributed by atoms with van der Waals surface area (Å²) in [7, 11) is 0. The average Bonchev–Trinajstić information content (AvgIpc) is 2.89. The molecule has 0 saturated heterocycles. The lowest BCUT2D eigenvalue weighted by molar-refractivity contribution is 0.102. The number of benzene rings is 1. The molecular weight excluding hydrogens is 274 g/mol. The minimum Gasteiger partial charge on any atom is -0.298 e. The molecule has 0 fully saturated rings. The molecule has 1 amide bonds. The summed E-state index contributed by atoms with van der Waals surface area (Å²) in [5.41, 5.74) is 0.367. The largest absolute Gasteiger partial charge is 0.298 e. The minimum atomic E-state index is -0.502. The molecule has 0 atom stereocenters. The standard InChI is InChI=1S/C14H17N3O2S/c1-14(2,3)17(19)11-7-5-4-6-10(11)12(18)16-13-15-8-9-20-13/h4-9,19H,1-3H3,(H,15,16,18). The normalized spacial score (nSPS) is 11.2. The molecule has 0 aliphatic rings. The molecule has 0 spiro atoms. The molecule has 5 nitrogen and oxygen atoms in total. The van der Waals surface area contributed by atoms with Crippen molar-refractivity contribution in [1.29, 1.82) is 0 Å². The van der Waals surface area contributed by atoms with E-state index in [4.69, 9.17) is 0 Å². The summed E-state index contributed by atoms with van der Waals surface area (Å²) in [6.45, 7) is 5.59. The summed E-state index contributed by atoms with van der Waals surface area (Å²) >= 11 is 1.35. The second-order valence-corrected chi connectivity index (χ2v) is 6.19. The lowest BCUT2D eigenvalue weighted by Crippen LogP contribution is -2.39. The number of hydroxylamine groups is 1. The van der Waals surface area contributed by atoms with E-state index in [0.29, 0.717) is 16.4 Å². The number of nitrogens with zero attached hydrogens (tertiary/aromatic N) is 2. The molecule has 2 rings (SSSR count). The first kappa shape index (κ1) is 14.5. The molecule has 6 heteroatoms. The van der Waals surface area contributed by atoms with Gasteiger partial charge in [0.15, 0.2) is 5.13 Å². The Bertz CT molecular complexity index is 591. The number of aromatic nitrogens is 1. The highest BCUT2D eigenvalue weighted by Gasteiger charge is 2.24. The number of anilines is 2. The van der Waals surface area contributed by atoms with Crippen molar-refractivity contribution in [2.75, 3.05) is 10.4 Å². The fourth-order valence-electron chi connectivity index (χ4n) is 1.66. The number of amides is 1. The molecule has 0 aliphatic carbocycles. The summed E-state index contributed by atoms with van der Waals surface area (Å²) in [5.74, 6) is -0.293. The molecule has 0 aliphatic heterocycles. The fourth-order valence-corrected chi connectivity index (χ4v) is 2.19. The average molecular weight is 291 g/mol. The lowest BCUT2D eigenvalue weighted by Gasteiger charge is -2.32. The van der Waals surface area contributed by atoms with E-state index < -0.39 is 5.54 Å². The summed E-state index contributed by atoms with van der Waals surface area (Å²) in [4.78, 5) is 16.3. The van der Waals surface area contributed by atoms with Crippen LogP contribution in [0.5, 0.6) is 0 Å². The third kappa shape index (κ3) is 3.15. The van der Waals surface area contributed by atoms with Gasteiger partial charge in [0.2, 0.25) is 0 Å². The third-order valence-corrected chi connectivity index (χ3v) is 3.35. The van der Waals surface area contributed by atoms with Gasteiger partial charge in [-0.15, -0.1) is 11.3 Å². The van der Waals surface area contributed by atoms with E-state index in [1.165, 1.54) is 11.3 Å². The zero-order valence-electron chi connectivity index (χ0n) is 11.6. The number of hydrogen-bond donors (Lipinski definition) is 2. The Morgan fingerprint density at radius 1 is 1.35 bits per heavy atom. The Labute approximate surface area is 121 Å². The first-order chi connectivity index (χ1) is 9.39. The third-order valence-electron chi connectivity index (χ3n) is 2.67. The van der Waals surface area contributed by atoms with E-state index in [9.17, 15) is 10.0 Å². The van der Waals surface area contributed by atoms with Crippen molar-refractivity contribution < 1.29 is 10.0 Å². The zero-order valence-corrected chi connectivity index (χ0v) is 12.4. The second-order valence-electron chi connectivity index (χ2n) is 5.29. The second kappa shape index (κ2) is 5.60. The van der Waals surface area contributed by atoms with Gasteiger partial charge < -0.3 is 0 Å². The van der Waals surface area contributed by atoms with E-state index in [2.05, 4.69) is 10.3 Å².